The zero-order chi connectivity index (χ0) is 22.5. The third-order valence-corrected chi connectivity index (χ3v) is 7.16. The van der Waals surface area contributed by atoms with Gasteiger partial charge in [-0.05, 0) is 61.9 Å². The van der Waals surface area contributed by atoms with E-state index in [9.17, 15) is 9.59 Å². The number of ketones is 1. The van der Waals surface area contributed by atoms with Crippen molar-refractivity contribution in [3.63, 3.8) is 0 Å². The quantitative estimate of drug-likeness (QED) is 0.510. The Balaban J connectivity index is 1.49. The van der Waals surface area contributed by atoms with Gasteiger partial charge in [0.1, 0.15) is 17.6 Å². The van der Waals surface area contributed by atoms with Gasteiger partial charge in [-0.1, -0.05) is 42.0 Å². The number of aliphatic imine (C=N–C) groups is 1. The van der Waals surface area contributed by atoms with E-state index in [1.54, 1.807) is 6.26 Å². The molecule has 33 heavy (non-hydrogen) atoms. The average molecular weight is 439 g/mol. The Morgan fingerprint density at radius 1 is 1.00 bits per heavy atom. The largest absolute Gasteiger partial charge is 0.467 e. The molecule has 1 unspecified atom stereocenters. The second-order valence-corrected chi connectivity index (χ2v) is 9.49. The van der Waals surface area contributed by atoms with E-state index < -0.39 is 12.0 Å². The highest BCUT2D eigenvalue weighted by molar-refractivity contribution is 6.13. The van der Waals surface area contributed by atoms with Crippen molar-refractivity contribution in [1.82, 2.24) is 0 Å². The Morgan fingerprint density at radius 2 is 1.79 bits per heavy atom. The van der Waals surface area contributed by atoms with Crippen molar-refractivity contribution in [2.24, 2.45) is 16.8 Å². The molecule has 6 rings (SSSR count). The first-order valence-corrected chi connectivity index (χ1v) is 11.7. The molecule has 1 amide bonds. The number of anilines is 1. The molecule has 5 nitrogen and oxygen atoms in total. The number of benzene rings is 2. The summed E-state index contributed by atoms with van der Waals surface area (Å²) in [6.45, 7) is 2.07. The number of Topliss-reactive ketones (excluding diaryl/α,β-unsaturated/α-hetero) is 1. The van der Waals surface area contributed by atoms with Crippen LogP contribution in [0.3, 0.4) is 0 Å². The van der Waals surface area contributed by atoms with Gasteiger partial charge in [0.25, 0.3) is 0 Å². The fraction of sp³-hybridized carbons (Fsp3) is 0.321. The zero-order valence-corrected chi connectivity index (χ0v) is 18.6. The first-order chi connectivity index (χ1) is 16.1. The van der Waals surface area contributed by atoms with Crippen LogP contribution < -0.4 is 4.90 Å². The summed E-state index contributed by atoms with van der Waals surface area (Å²) < 4.78 is 5.85. The van der Waals surface area contributed by atoms with Crippen LogP contribution in [0.15, 0.2) is 76.3 Å². The molecule has 2 aromatic carbocycles. The van der Waals surface area contributed by atoms with Gasteiger partial charge in [0, 0.05) is 18.1 Å². The van der Waals surface area contributed by atoms with Gasteiger partial charge in [-0.15, -0.1) is 0 Å². The van der Waals surface area contributed by atoms with E-state index in [-0.39, 0.29) is 23.5 Å². The molecule has 166 valence electrons. The molecule has 2 fully saturated rings. The van der Waals surface area contributed by atoms with Crippen molar-refractivity contribution in [3.05, 3.63) is 83.8 Å². The van der Waals surface area contributed by atoms with Crippen LogP contribution >= 0.6 is 0 Å². The van der Waals surface area contributed by atoms with E-state index in [1.807, 2.05) is 41.3 Å². The maximum absolute atomic E-state index is 13.8. The van der Waals surface area contributed by atoms with Crippen LogP contribution in [0, 0.1) is 18.8 Å². The van der Waals surface area contributed by atoms with Crippen LogP contribution in [-0.4, -0.2) is 17.4 Å². The van der Waals surface area contributed by atoms with Gasteiger partial charge in [0.05, 0.1) is 23.6 Å². The summed E-state index contributed by atoms with van der Waals surface area (Å²) in [6.07, 6.45) is 4.53. The maximum Gasteiger partial charge on any atom is 0.230 e. The molecule has 0 spiro atoms. The first kappa shape index (κ1) is 20.2. The molecule has 2 heterocycles. The average Bonchev–Trinajstić information content (AvgIpc) is 3.56. The van der Waals surface area contributed by atoms with Crippen molar-refractivity contribution in [2.75, 3.05) is 4.90 Å². The molecule has 0 bridgehead atoms. The van der Waals surface area contributed by atoms with Crippen LogP contribution in [0.5, 0.6) is 0 Å². The third kappa shape index (κ3) is 3.52. The molecule has 3 atom stereocenters. The molecular weight excluding hydrogens is 412 g/mol. The highest BCUT2D eigenvalue weighted by atomic mass is 16.3. The molecule has 0 N–H and O–H groups in total. The number of nitrogens with zero attached hydrogens (tertiary/aromatic N) is 2. The van der Waals surface area contributed by atoms with Gasteiger partial charge in [0.2, 0.25) is 5.91 Å². The topological polar surface area (TPSA) is 62.9 Å². The number of para-hydroxylation sites is 2. The van der Waals surface area contributed by atoms with Crippen molar-refractivity contribution in [2.45, 2.75) is 44.6 Å². The van der Waals surface area contributed by atoms with E-state index in [4.69, 9.17) is 9.41 Å². The minimum atomic E-state index is -0.512. The van der Waals surface area contributed by atoms with Crippen LogP contribution in [-0.2, 0) is 9.59 Å². The number of fused-ring (bicyclic) bond motifs is 2. The van der Waals surface area contributed by atoms with Gasteiger partial charge >= 0.3 is 0 Å². The molecule has 0 radical (unpaired) electrons. The Hall–Kier alpha value is -3.47. The number of rotatable bonds is 3. The first-order valence-electron chi connectivity index (χ1n) is 11.7. The predicted molar refractivity (Wildman–Crippen MR) is 127 cm³/mol. The summed E-state index contributed by atoms with van der Waals surface area (Å²) in [6, 6.07) is 19.4. The predicted octanol–water partition coefficient (Wildman–Crippen LogP) is 5.92. The SMILES string of the molecule is Cc1ccc([C@@H]2CC(=O)C3C(=Nc4ccccc4N(C(=O)C4CC4)[C@H]3c3ccco3)C2)cc1. The molecular formula is C28H26N2O3. The van der Waals surface area contributed by atoms with E-state index in [0.29, 0.717) is 18.6 Å². The van der Waals surface area contributed by atoms with Gasteiger partial charge in [-0.3, -0.25) is 19.5 Å². The molecule has 2 saturated carbocycles. The molecule has 1 aromatic heterocycles. The second kappa shape index (κ2) is 7.84. The number of amides is 1. The van der Waals surface area contributed by atoms with E-state index in [2.05, 4.69) is 31.2 Å². The van der Waals surface area contributed by atoms with E-state index >= 15 is 0 Å². The lowest BCUT2D eigenvalue weighted by Crippen LogP contribution is -2.46. The Labute approximate surface area is 193 Å². The molecule has 0 saturated heterocycles. The molecule has 3 aromatic rings. The van der Waals surface area contributed by atoms with Crippen LogP contribution in [0.25, 0.3) is 0 Å². The number of carbonyl (C=O) groups excluding carboxylic acids is 2. The summed E-state index contributed by atoms with van der Waals surface area (Å²) in [7, 11) is 0. The Bertz CT molecular complexity index is 1240. The fourth-order valence-electron chi connectivity index (χ4n) is 5.30. The van der Waals surface area contributed by atoms with Crippen LogP contribution in [0.1, 0.15) is 54.5 Å². The lowest BCUT2D eigenvalue weighted by molar-refractivity contribution is -0.123. The number of hydrogen-bond donors (Lipinski definition) is 0. The van der Waals surface area contributed by atoms with Crippen LogP contribution in [0.2, 0.25) is 0 Å². The number of furan rings is 1. The smallest absolute Gasteiger partial charge is 0.230 e. The number of aryl methyl sites for hydroxylation is 1. The lowest BCUT2D eigenvalue weighted by Gasteiger charge is -2.37. The second-order valence-electron chi connectivity index (χ2n) is 9.49. The van der Waals surface area contributed by atoms with Crippen molar-refractivity contribution in [3.8, 4) is 0 Å². The monoisotopic (exact) mass is 438 g/mol. The summed E-state index contributed by atoms with van der Waals surface area (Å²) in [5.41, 5.74) is 4.71. The van der Waals surface area contributed by atoms with Crippen molar-refractivity contribution in [1.29, 1.82) is 0 Å². The fourth-order valence-corrected chi connectivity index (χ4v) is 5.30. The highest BCUT2D eigenvalue weighted by Gasteiger charge is 2.49. The Morgan fingerprint density at radius 3 is 2.52 bits per heavy atom. The van der Waals surface area contributed by atoms with E-state index in [1.165, 1.54) is 5.56 Å². The molecule has 3 aliphatic rings. The minimum absolute atomic E-state index is 0.0102. The normalized spacial score (nSPS) is 24.5. The summed E-state index contributed by atoms with van der Waals surface area (Å²) in [5.74, 6) is 0.412. The standard InChI is InChI=1S/C28H26N2O3/c1-17-8-10-18(11-9-17)20-15-22-26(24(31)16-20)27(25-7-4-14-33-25)30(28(32)19-12-13-19)23-6-3-2-5-21(23)29-22/h2-11,14,19-20,26-27H,12-13,15-16H2,1H3/t20-,26?,27-/m0/s1. The third-order valence-electron chi connectivity index (χ3n) is 7.16. The lowest BCUT2D eigenvalue weighted by atomic mass is 9.72. The summed E-state index contributed by atoms with van der Waals surface area (Å²) in [4.78, 5) is 34.2. The molecule has 2 aliphatic carbocycles. The van der Waals surface area contributed by atoms with Gasteiger partial charge in [-0.2, -0.15) is 0 Å². The van der Waals surface area contributed by atoms with Crippen molar-refractivity contribution < 1.29 is 14.0 Å². The number of hydrogen-bond acceptors (Lipinski definition) is 4. The van der Waals surface area contributed by atoms with Crippen LogP contribution in [0.4, 0.5) is 11.4 Å². The Kier molecular flexibility index (Phi) is 4.79. The van der Waals surface area contributed by atoms with Gasteiger partial charge < -0.3 is 4.42 Å². The number of carbonyl (C=O) groups is 2. The maximum atomic E-state index is 13.8. The molecule has 1 aliphatic heterocycles. The highest BCUT2D eigenvalue weighted by Crippen LogP contribution is 2.49. The minimum Gasteiger partial charge on any atom is -0.467 e. The van der Waals surface area contributed by atoms with Gasteiger partial charge in [0.15, 0.2) is 0 Å². The summed E-state index contributed by atoms with van der Waals surface area (Å²) in [5, 5.41) is 0. The molecule has 5 heteroatoms. The van der Waals surface area contributed by atoms with E-state index in [0.717, 1.165) is 35.5 Å². The van der Waals surface area contributed by atoms with Gasteiger partial charge in [-0.25, -0.2) is 0 Å². The summed E-state index contributed by atoms with van der Waals surface area (Å²) >= 11 is 0. The van der Waals surface area contributed by atoms with Crippen molar-refractivity contribution >= 4 is 28.8 Å². The zero-order valence-electron chi connectivity index (χ0n) is 18.6.